The normalized spacial score (nSPS) is 31.8. The summed E-state index contributed by atoms with van der Waals surface area (Å²) in [4.78, 5) is 15.6. The second-order valence-corrected chi connectivity index (χ2v) is 4.83. The van der Waals surface area contributed by atoms with Gasteiger partial charge in [0.15, 0.2) is 11.8 Å². The molecule has 5 N–H and O–H groups in total. The maximum Gasteiger partial charge on any atom is 0.351 e. The molecule has 21 heavy (non-hydrogen) atoms. The molecule has 0 spiro atoms. The van der Waals surface area contributed by atoms with Crippen LogP contribution in [-0.4, -0.2) is 49.3 Å². The molecular weight excluding hydrogens is 278 g/mol. The molecule has 0 radical (unpaired) electrons. The highest BCUT2D eigenvalue weighted by molar-refractivity contribution is 5.30. The fourth-order valence-corrected chi connectivity index (χ4v) is 2.43. The molecule has 2 rings (SSSR count). The zero-order valence-electron chi connectivity index (χ0n) is 11.6. The minimum Gasteiger partial charge on any atom is -0.394 e. The van der Waals surface area contributed by atoms with Gasteiger partial charge in [0.25, 0.3) is 0 Å². The molecule has 0 bridgehead atoms. The standard InChI is InChI=1S/C13H17N3O5/c1-3-4-13(20)10(18)8(6-17)21-11(13)16-7(2)5-9(14)15-12(16)19/h5,8,10-11,17-18,20H,6H2,1-2H3,(H2,14,15,19)/t8-,10+,11-,13?/m1/s1. The lowest BCUT2D eigenvalue weighted by Gasteiger charge is -2.27. The molecule has 4 atom stereocenters. The number of hydrogen-bond donors (Lipinski definition) is 4. The van der Waals surface area contributed by atoms with Gasteiger partial charge in [0.2, 0.25) is 0 Å². The van der Waals surface area contributed by atoms with Crippen molar-refractivity contribution in [2.75, 3.05) is 12.3 Å². The molecule has 0 aliphatic carbocycles. The van der Waals surface area contributed by atoms with Gasteiger partial charge in [0.1, 0.15) is 18.0 Å². The average molecular weight is 295 g/mol. The van der Waals surface area contributed by atoms with Crippen molar-refractivity contribution in [2.24, 2.45) is 0 Å². The monoisotopic (exact) mass is 295 g/mol. The lowest BCUT2D eigenvalue weighted by atomic mass is 9.94. The van der Waals surface area contributed by atoms with E-state index in [9.17, 15) is 20.1 Å². The van der Waals surface area contributed by atoms with Crippen LogP contribution >= 0.6 is 0 Å². The Hall–Kier alpha value is -1.92. The van der Waals surface area contributed by atoms with Crippen LogP contribution in [0.2, 0.25) is 0 Å². The third kappa shape index (κ3) is 2.41. The summed E-state index contributed by atoms with van der Waals surface area (Å²) >= 11 is 0. The molecule has 1 aliphatic heterocycles. The van der Waals surface area contributed by atoms with Crippen LogP contribution in [-0.2, 0) is 4.74 Å². The van der Waals surface area contributed by atoms with Gasteiger partial charge in [-0.15, -0.1) is 5.92 Å². The first-order chi connectivity index (χ1) is 9.85. The number of anilines is 1. The average Bonchev–Trinajstić information content (AvgIpc) is 2.63. The van der Waals surface area contributed by atoms with E-state index in [-0.39, 0.29) is 5.82 Å². The number of rotatable bonds is 2. The third-order valence-electron chi connectivity index (χ3n) is 3.39. The van der Waals surface area contributed by atoms with Gasteiger partial charge in [0.05, 0.1) is 6.61 Å². The molecule has 0 saturated carbocycles. The molecule has 1 fully saturated rings. The van der Waals surface area contributed by atoms with Crippen LogP contribution in [0, 0.1) is 18.8 Å². The maximum absolute atomic E-state index is 12.0. The zero-order chi connectivity index (χ0) is 15.8. The smallest absolute Gasteiger partial charge is 0.351 e. The van der Waals surface area contributed by atoms with Crippen LogP contribution in [0.15, 0.2) is 10.9 Å². The van der Waals surface area contributed by atoms with Crippen LogP contribution in [0.5, 0.6) is 0 Å². The summed E-state index contributed by atoms with van der Waals surface area (Å²) in [5, 5.41) is 29.9. The van der Waals surface area contributed by atoms with Gasteiger partial charge in [-0.1, -0.05) is 5.92 Å². The van der Waals surface area contributed by atoms with Crippen molar-refractivity contribution < 1.29 is 20.1 Å². The zero-order valence-corrected chi connectivity index (χ0v) is 11.6. The summed E-state index contributed by atoms with van der Waals surface area (Å²) in [6.07, 6.45) is -3.83. The van der Waals surface area contributed by atoms with Gasteiger partial charge in [-0.25, -0.2) is 4.79 Å². The topological polar surface area (TPSA) is 131 Å². The number of aliphatic hydroxyl groups is 3. The fourth-order valence-electron chi connectivity index (χ4n) is 2.43. The minimum atomic E-state index is -2.03. The summed E-state index contributed by atoms with van der Waals surface area (Å²) in [7, 11) is 0. The number of ether oxygens (including phenoxy) is 1. The number of nitrogens with zero attached hydrogens (tertiary/aromatic N) is 2. The summed E-state index contributed by atoms with van der Waals surface area (Å²) < 4.78 is 6.46. The second kappa shape index (κ2) is 5.46. The van der Waals surface area contributed by atoms with Crippen LogP contribution in [0.4, 0.5) is 5.82 Å². The van der Waals surface area contributed by atoms with Crippen LogP contribution in [0.1, 0.15) is 18.8 Å². The minimum absolute atomic E-state index is 0.0381. The molecule has 1 aromatic rings. The van der Waals surface area contributed by atoms with Crippen molar-refractivity contribution in [2.45, 2.75) is 37.9 Å². The largest absolute Gasteiger partial charge is 0.394 e. The number of nitrogen functional groups attached to an aromatic ring is 1. The van der Waals surface area contributed by atoms with Gasteiger partial charge in [-0.2, -0.15) is 4.98 Å². The van der Waals surface area contributed by atoms with E-state index in [0.717, 1.165) is 4.57 Å². The number of aryl methyl sites for hydroxylation is 1. The molecule has 114 valence electrons. The summed E-state index contributed by atoms with van der Waals surface area (Å²) in [5.41, 5.74) is 3.11. The number of hydrogen-bond acceptors (Lipinski definition) is 7. The molecule has 0 aromatic carbocycles. The predicted octanol–water partition coefficient (Wildman–Crippen LogP) is -1.86. The first-order valence-corrected chi connectivity index (χ1v) is 6.31. The molecule has 1 unspecified atom stereocenters. The highest BCUT2D eigenvalue weighted by Crippen LogP contribution is 2.37. The van der Waals surface area contributed by atoms with Gasteiger partial charge in [-0.05, 0) is 19.9 Å². The van der Waals surface area contributed by atoms with Gasteiger partial charge >= 0.3 is 5.69 Å². The van der Waals surface area contributed by atoms with E-state index in [1.807, 2.05) is 0 Å². The Bertz CT molecular complexity index is 662. The van der Waals surface area contributed by atoms with Crippen molar-refractivity contribution in [3.63, 3.8) is 0 Å². The first-order valence-electron chi connectivity index (χ1n) is 6.31. The lowest BCUT2D eigenvalue weighted by molar-refractivity contribution is -0.0774. The van der Waals surface area contributed by atoms with Crippen molar-refractivity contribution in [3.8, 4) is 11.8 Å². The molecular formula is C13H17N3O5. The third-order valence-corrected chi connectivity index (χ3v) is 3.39. The van der Waals surface area contributed by atoms with Gasteiger partial charge < -0.3 is 25.8 Å². The number of nitrogens with two attached hydrogens (primary N) is 1. The van der Waals surface area contributed by atoms with Crippen molar-refractivity contribution >= 4 is 5.82 Å². The quantitative estimate of drug-likeness (QED) is 0.470. The summed E-state index contributed by atoms with van der Waals surface area (Å²) in [6.45, 7) is 2.54. The Balaban J connectivity index is 2.61. The first kappa shape index (κ1) is 15.5. The second-order valence-electron chi connectivity index (χ2n) is 4.83. The Morgan fingerprint density at radius 3 is 2.81 bits per heavy atom. The van der Waals surface area contributed by atoms with Gasteiger partial charge in [-0.3, -0.25) is 4.57 Å². The van der Waals surface area contributed by atoms with Crippen LogP contribution < -0.4 is 11.4 Å². The number of aliphatic hydroxyl groups excluding tert-OH is 2. The molecule has 1 aromatic heterocycles. The van der Waals surface area contributed by atoms with Gasteiger partial charge in [0, 0.05) is 5.69 Å². The molecule has 1 aliphatic rings. The fraction of sp³-hybridized carbons (Fsp3) is 0.538. The van der Waals surface area contributed by atoms with Crippen molar-refractivity contribution in [1.82, 2.24) is 9.55 Å². The van der Waals surface area contributed by atoms with E-state index in [2.05, 4.69) is 16.8 Å². The Kier molecular flexibility index (Phi) is 4.02. The predicted molar refractivity (Wildman–Crippen MR) is 73.0 cm³/mol. The maximum atomic E-state index is 12.0. The van der Waals surface area contributed by atoms with E-state index in [1.54, 1.807) is 6.92 Å². The van der Waals surface area contributed by atoms with E-state index in [4.69, 9.17) is 10.5 Å². The van der Waals surface area contributed by atoms with E-state index >= 15 is 0 Å². The van der Waals surface area contributed by atoms with Crippen molar-refractivity contribution in [3.05, 3.63) is 22.2 Å². The summed E-state index contributed by atoms with van der Waals surface area (Å²) in [5.74, 6) is 4.98. The number of aromatic nitrogens is 2. The Labute approximate surface area is 120 Å². The van der Waals surface area contributed by atoms with Crippen LogP contribution in [0.3, 0.4) is 0 Å². The van der Waals surface area contributed by atoms with E-state index < -0.39 is 36.3 Å². The molecule has 8 heteroatoms. The molecule has 8 nitrogen and oxygen atoms in total. The SMILES string of the molecule is CC#CC1(O)[C@@H](O)[C@@H](CO)O[C@H]1n1c(C)cc(N)nc1=O. The van der Waals surface area contributed by atoms with Crippen molar-refractivity contribution in [1.29, 1.82) is 0 Å². The van der Waals surface area contributed by atoms with E-state index in [0.29, 0.717) is 5.69 Å². The lowest BCUT2D eigenvalue weighted by Crippen LogP contribution is -2.48. The molecule has 0 amide bonds. The molecule has 2 heterocycles. The highest BCUT2D eigenvalue weighted by atomic mass is 16.6. The Morgan fingerprint density at radius 1 is 1.62 bits per heavy atom. The van der Waals surface area contributed by atoms with E-state index in [1.165, 1.54) is 13.0 Å². The Morgan fingerprint density at radius 2 is 2.29 bits per heavy atom. The van der Waals surface area contributed by atoms with Crippen LogP contribution in [0.25, 0.3) is 0 Å². The summed E-state index contributed by atoms with van der Waals surface area (Å²) in [6, 6.07) is 1.43. The molecule has 1 saturated heterocycles. The highest BCUT2D eigenvalue weighted by Gasteiger charge is 2.56.